The van der Waals surface area contributed by atoms with Crippen LogP contribution < -0.4 is 10.1 Å². The molecule has 0 aliphatic rings. The van der Waals surface area contributed by atoms with Gasteiger partial charge in [-0.25, -0.2) is 12.7 Å². The number of aryl methyl sites for hydroxylation is 1. The van der Waals surface area contributed by atoms with E-state index < -0.39 is 10.0 Å². The van der Waals surface area contributed by atoms with Crippen LogP contribution in [0.1, 0.15) is 21.6 Å². The van der Waals surface area contributed by atoms with Crippen molar-refractivity contribution in [3.63, 3.8) is 0 Å². The lowest BCUT2D eigenvalue weighted by Gasteiger charge is -2.16. The van der Waals surface area contributed by atoms with Crippen LogP contribution in [0.25, 0.3) is 10.9 Å². The van der Waals surface area contributed by atoms with E-state index in [1.54, 1.807) is 38.3 Å². The van der Waals surface area contributed by atoms with Gasteiger partial charge in [-0.2, -0.15) is 0 Å². The standard InChI is InChI=1S/C21H23N3O4S/c1-14-18(11-15-9-10-17(28-4)12-19(15)23-14)21(25)22-13-16-7-5-6-8-20(16)29(26,27)24(2)3/h5-12H,13H2,1-4H3,(H,22,25). The molecule has 0 bridgehead atoms. The summed E-state index contributed by atoms with van der Waals surface area (Å²) in [7, 11) is 0.934. The molecule has 1 N–H and O–H groups in total. The van der Waals surface area contributed by atoms with Crippen LogP contribution in [0.3, 0.4) is 0 Å². The van der Waals surface area contributed by atoms with Gasteiger partial charge in [0, 0.05) is 32.1 Å². The molecule has 0 aliphatic heterocycles. The van der Waals surface area contributed by atoms with Gasteiger partial charge in [-0.1, -0.05) is 18.2 Å². The Hall–Kier alpha value is -2.97. The number of fused-ring (bicyclic) bond motifs is 1. The zero-order chi connectivity index (χ0) is 21.2. The molecule has 0 atom stereocenters. The number of rotatable bonds is 6. The summed E-state index contributed by atoms with van der Waals surface area (Å²) < 4.78 is 31.4. The third kappa shape index (κ3) is 4.23. The molecule has 7 nitrogen and oxygen atoms in total. The second-order valence-corrected chi connectivity index (χ2v) is 8.88. The highest BCUT2D eigenvalue weighted by Gasteiger charge is 2.21. The molecule has 0 aliphatic carbocycles. The second-order valence-electron chi connectivity index (χ2n) is 6.76. The minimum atomic E-state index is -3.61. The first-order valence-corrected chi connectivity index (χ1v) is 10.4. The Morgan fingerprint density at radius 1 is 1.14 bits per heavy atom. The van der Waals surface area contributed by atoms with Gasteiger partial charge in [0.1, 0.15) is 5.75 Å². The third-order valence-corrected chi connectivity index (χ3v) is 6.55. The van der Waals surface area contributed by atoms with E-state index in [2.05, 4.69) is 10.3 Å². The quantitative estimate of drug-likeness (QED) is 0.671. The summed E-state index contributed by atoms with van der Waals surface area (Å²) in [6.45, 7) is 1.85. The van der Waals surface area contributed by atoms with Crippen molar-refractivity contribution >= 4 is 26.8 Å². The number of hydrogen-bond donors (Lipinski definition) is 1. The minimum Gasteiger partial charge on any atom is -0.497 e. The number of carbonyl (C=O) groups is 1. The Bertz CT molecular complexity index is 1170. The third-order valence-electron chi connectivity index (χ3n) is 4.63. The van der Waals surface area contributed by atoms with Crippen LogP contribution in [0.5, 0.6) is 5.75 Å². The van der Waals surface area contributed by atoms with Gasteiger partial charge >= 0.3 is 0 Å². The van der Waals surface area contributed by atoms with Gasteiger partial charge in [-0.15, -0.1) is 0 Å². The fraction of sp³-hybridized carbons (Fsp3) is 0.238. The van der Waals surface area contributed by atoms with Gasteiger partial charge in [0.05, 0.1) is 28.8 Å². The normalized spacial score (nSPS) is 11.6. The molecule has 8 heteroatoms. The fourth-order valence-electron chi connectivity index (χ4n) is 2.97. The maximum atomic E-state index is 12.8. The molecule has 0 unspecified atom stereocenters. The van der Waals surface area contributed by atoms with E-state index in [4.69, 9.17) is 4.74 Å². The van der Waals surface area contributed by atoms with Crippen LogP contribution >= 0.6 is 0 Å². The minimum absolute atomic E-state index is 0.0855. The van der Waals surface area contributed by atoms with E-state index in [0.29, 0.717) is 22.6 Å². The molecular formula is C21H23N3O4S. The number of nitrogens with zero attached hydrogens (tertiary/aromatic N) is 2. The summed E-state index contributed by atoms with van der Waals surface area (Å²) in [5.41, 5.74) is 2.28. The summed E-state index contributed by atoms with van der Waals surface area (Å²) in [5, 5.41) is 3.62. The van der Waals surface area contributed by atoms with Gasteiger partial charge in [-0.05, 0) is 36.8 Å². The molecule has 29 heavy (non-hydrogen) atoms. The molecule has 152 valence electrons. The first-order valence-electron chi connectivity index (χ1n) is 8.98. The molecule has 3 rings (SSSR count). The zero-order valence-corrected chi connectivity index (χ0v) is 17.6. The number of sulfonamides is 1. The van der Waals surface area contributed by atoms with E-state index in [9.17, 15) is 13.2 Å². The van der Waals surface area contributed by atoms with E-state index in [0.717, 1.165) is 15.2 Å². The SMILES string of the molecule is COc1ccc2cc(C(=O)NCc3ccccc3S(=O)(=O)N(C)C)c(C)nc2c1. The first-order chi connectivity index (χ1) is 13.7. The summed E-state index contributed by atoms with van der Waals surface area (Å²) >= 11 is 0. The number of aromatic nitrogens is 1. The van der Waals surface area contributed by atoms with Crippen molar-refractivity contribution in [2.45, 2.75) is 18.4 Å². The molecule has 0 fully saturated rings. The average molecular weight is 413 g/mol. The predicted octanol–water partition coefficient (Wildman–Crippen LogP) is 2.73. The van der Waals surface area contributed by atoms with Crippen LogP contribution in [0.15, 0.2) is 53.4 Å². The zero-order valence-electron chi connectivity index (χ0n) is 16.8. The lowest BCUT2D eigenvalue weighted by atomic mass is 10.1. The van der Waals surface area contributed by atoms with Crippen LogP contribution in [0, 0.1) is 6.92 Å². The van der Waals surface area contributed by atoms with E-state index in [1.165, 1.54) is 20.2 Å². The Balaban J connectivity index is 1.86. The summed E-state index contributed by atoms with van der Waals surface area (Å²) in [4.78, 5) is 17.4. The highest BCUT2D eigenvalue weighted by Crippen LogP contribution is 2.22. The van der Waals surface area contributed by atoms with E-state index in [-0.39, 0.29) is 17.3 Å². The number of pyridine rings is 1. The van der Waals surface area contributed by atoms with Crippen LogP contribution in [-0.2, 0) is 16.6 Å². The largest absolute Gasteiger partial charge is 0.497 e. The van der Waals surface area contributed by atoms with E-state index >= 15 is 0 Å². The molecular weight excluding hydrogens is 390 g/mol. The molecule has 1 heterocycles. The highest BCUT2D eigenvalue weighted by molar-refractivity contribution is 7.89. The maximum Gasteiger partial charge on any atom is 0.253 e. The van der Waals surface area contributed by atoms with Gasteiger partial charge in [-0.3, -0.25) is 9.78 Å². The monoisotopic (exact) mass is 413 g/mol. The second kappa shape index (κ2) is 8.18. The van der Waals surface area contributed by atoms with Gasteiger partial charge in [0.15, 0.2) is 0 Å². The molecule has 0 saturated carbocycles. The molecule has 1 amide bonds. The van der Waals surface area contributed by atoms with E-state index in [1.807, 2.05) is 18.2 Å². The lowest BCUT2D eigenvalue weighted by Crippen LogP contribution is -2.27. The molecule has 0 radical (unpaired) electrons. The number of carbonyl (C=O) groups excluding carboxylic acids is 1. The average Bonchev–Trinajstić information content (AvgIpc) is 2.71. The van der Waals surface area contributed by atoms with Gasteiger partial charge in [0.2, 0.25) is 10.0 Å². The number of hydrogen-bond acceptors (Lipinski definition) is 5. The fourth-order valence-corrected chi connectivity index (χ4v) is 4.08. The summed E-state index contributed by atoms with van der Waals surface area (Å²) in [6.07, 6.45) is 0. The van der Waals surface area contributed by atoms with Crippen molar-refractivity contribution < 1.29 is 17.9 Å². The van der Waals surface area contributed by atoms with Gasteiger partial charge < -0.3 is 10.1 Å². The van der Waals surface area contributed by atoms with Crippen LogP contribution in [-0.4, -0.2) is 44.8 Å². The number of amides is 1. The predicted molar refractivity (Wildman–Crippen MR) is 112 cm³/mol. The molecule has 0 spiro atoms. The number of benzene rings is 2. The smallest absolute Gasteiger partial charge is 0.253 e. The Labute approximate surface area is 170 Å². The topological polar surface area (TPSA) is 88.6 Å². The van der Waals surface area contributed by atoms with Crippen LogP contribution in [0.4, 0.5) is 0 Å². The number of methoxy groups -OCH3 is 1. The summed E-state index contributed by atoms with van der Waals surface area (Å²) in [6, 6.07) is 13.9. The molecule has 0 saturated heterocycles. The summed E-state index contributed by atoms with van der Waals surface area (Å²) in [5.74, 6) is 0.380. The molecule has 3 aromatic rings. The van der Waals surface area contributed by atoms with Crippen molar-refractivity contribution in [1.82, 2.24) is 14.6 Å². The van der Waals surface area contributed by atoms with Crippen molar-refractivity contribution in [1.29, 1.82) is 0 Å². The Kier molecular flexibility index (Phi) is 5.86. The number of nitrogens with one attached hydrogen (secondary N) is 1. The van der Waals surface area contributed by atoms with Gasteiger partial charge in [0.25, 0.3) is 5.91 Å². The Morgan fingerprint density at radius 3 is 2.55 bits per heavy atom. The first kappa shape index (κ1) is 20.8. The Morgan fingerprint density at radius 2 is 1.86 bits per heavy atom. The molecule has 2 aromatic carbocycles. The van der Waals surface area contributed by atoms with Crippen molar-refractivity contribution in [3.8, 4) is 5.75 Å². The maximum absolute atomic E-state index is 12.8. The lowest BCUT2D eigenvalue weighted by molar-refractivity contribution is 0.0949. The van der Waals surface area contributed by atoms with Crippen molar-refractivity contribution in [3.05, 3.63) is 65.4 Å². The van der Waals surface area contributed by atoms with Crippen molar-refractivity contribution in [2.75, 3.05) is 21.2 Å². The molecule has 1 aromatic heterocycles. The van der Waals surface area contributed by atoms with Crippen LogP contribution in [0.2, 0.25) is 0 Å². The van der Waals surface area contributed by atoms with Crippen molar-refractivity contribution in [2.24, 2.45) is 0 Å². The highest BCUT2D eigenvalue weighted by atomic mass is 32.2. The number of ether oxygens (including phenoxy) is 1.